The van der Waals surface area contributed by atoms with E-state index in [4.69, 9.17) is 4.74 Å². The van der Waals surface area contributed by atoms with Crippen LogP contribution in [0.25, 0.3) is 0 Å². The molecule has 1 heterocycles. The highest BCUT2D eigenvalue weighted by Crippen LogP contribution is 2.13. The minimum atomic E-state index is -0.846. The molecule has 0 aliphatic rings. The standard InChI is InChI=1S/C11H18N4O4S/c1-4-5-12-7(10(18)19-3)6-20-11-13-8(16)9(17)14-15(11)2/h7,12H,4-6H2,1-3H3,(H,14,17). The summed E-state index contributed by atoms with van der Waals surface area (Å²) in [5, 5.41) is 5.73. The van der Waals surface area contributed by atoms with E-state index in [0.29, 0.717) is 17.5 Å². The number of aromatic nitrogens is 3. The van der Waals surface area contributed by atoms with Crippen LogP contribution in [0, 0.1) is 0 Å². The highest BCUT2D eigenvalue weighted by molar-refractivity contribution is 7.99. The second kappa shape index (κ2) is 7.85. The molecule has 20 heavy (non-hydrogen) atoms. The highest BCUT2D eigenvalue weighted by atomic mass is 32.2. The molecule has 0 aromatic carbocycles. The van der Waals surface area contributed by atoms with Crippen molar-refractivity contribution in [3.8, 4) is 0 Å². The Morgan fingerprint density at radius 2 is 2.25 bits per heavy atom. The molecule has 0 saturated heterocycles. The maximum atomic E-state index is 11.6. The van der Waals surface area contributed by atoms with Gasteiger partial charge in [0.25, 0.3) is 0 Å². The van der Waals surface area contributed by atoms with Crippen molar-refractivity contribution in [3.63, 3.8) is 0 Å². The molecule has 1 atom stereocenters. The van der Waals surface area contributed by atoms with Crippen molar-refractivity contribution in [3.05, 3.63) is 20.7 Å². The predicted molar refractivity (Wildman–Crippen MR) is 74.9 cm³/mol. The lowest BCUT2D eigenvalue weighted by atomic mass is 10.3. The number of thioether (sulfide) groups is 1. The minimum absolute atomic E-state index is 0.335. The van der Waals surface area contributed by atoms with Gasteiger partial charge in [0.2, 0.25) is 0 Å². The molecule has 1 aromatic rings. The molecule has 8 nitrogen and oxygen atoms in total. The average molecular weight is 302 g/mol. The lowest BCUT2D eigenvalue weighted by Gasteiger charge is -2.15. The van der Waals surface area contributed by atoms with E-state index in [1.807, 2.05) is 6.92 Å². The number of ether oxygens (including phenoxy) is 1. The topological polar surface area (TPSA) is 106 Å². The Kier molecular flexibility index (Phi) is 6.46. The Morgan fingerprint density at radius 3 is 2.85 bits per heavy atom. The Labute approximate surface area is 119 Å². The summed E-state index contributed by atoms with van der Waals surface area (Å²) in [7, 11) is 2.89. The van der Waals surface area contributed by atoms with Gasteiger partial charge in [-0.15, -0.1) is 0 Å². The molecule has 0 fully saturated rings. The number of carbonyl (C=O) groups is 1. The van der Waals surface area contributed by atoms with E-state index in [0.717, 1.165) is 6.42 Å². The van der Waals surface area contributed by atoms with Gasteiger partial charge >= 0.3 is 17.1 Å². The molecule has 0 aliphatic heterocycles. The van der Waals surface area contributed by atoms with Crippen LogP contribution in [0.3, 0.4) is 0 Å². The number of esters is 1. The van der Waals surface area contributed by atoms with Crippen LogP contribution < -0.4 is 16.4 Å². The molecule has 0 bridgehead atoms. The smallest absolute Gasteiger partial charge is 0.339 e. The maximum Gasteiger partial charge on any atom is 0.339 e. The van der Waals surface area contributed by atoms with Crippen LogP contribution in [0.4, 0.5) is 0 Å². The normalized spacial score (nSPS) is 12.2. The van der Waals surface area contributed by atoms with Gasteiger partial charge in [-0.2, -0.15) is 4.98 Å². The van der Waals surface area contributed by atoms with E-state index in [1.54, 1.807) is 7.05 Å². The zero-order chi connectivity index (χ0) is 15.1. The SMILES string of the molecule is CCCNC(CSc1nc(=O)c(=O)[nH]n1C)C(=O)OC. The molecule has 112 valence electrons. The average Bonchev–Trinajstić information content (AvgIpc) is 2.43. The van der Waals surface area contributed by atoms with Crippen LogP contribution >= 0.6 is 11.8 Å². The number of nitrogens with zero attached hydrogens (tertiary/aromatic N) is 2. The molecule has 0 spiro atoms. The molecule has 0 amide bonds. The van der Waals surface area contributed by atoms with E-state index in [2.05, 4.69) is 15.4 Å². The van der Waals surface area contributed by atoms with E-state index in [-0.39, 0.29) is 5.97 Å². The van der Waals surface area contributed by atoms with Crippen LogP contribution in [0.15, 0.2) is 14.7 Å². The monoisotopic (exact) mass is 302 g/mol. The number of hydrogen-bond acceptors (Lipinski definition) is 7. The quantitative estimate of drug-likeness (QED) is 0.382. The van der Waals surface area contributed by atoms with Crippen molar-refractivity contribution in [2.75, 3.05) is 19.4 Å². The molecule has 1 rings (SSSR count). The lowest BCUT2D eigenvalue weighted by Crippen LogP contribution is -2.40. The molecule has 1 unspecified atom stereocenters. The number of aryl methyl sites for hydroxylation is 1. The first-order valence-electron chi connectivity index (χ1n) is 6.11. The van der Waals surface area contributed by atoms with Crippen LogP contribution in [0.1, 0.15) is 13.3 Å². The van der Waals surface area contributed by atoms with Gasteiger partial charge in [-0.3, -0.25) is 24.2 Å². The fourth-order valence-corrected chi connectivity index (χ4v) is 2.38. The number of hydrogen-bond donors (Lipinski definition) is 2. The van der Waals surface area contributed by atoms with Gasteiger partial charge in [-0.1, -0.05) is 18.7 Å². The molecule has 9 heteroatoms. The van der Waals surface area contributed by atoms with Crippen molar-refractivity contribution in [2.45, 2.75) is 24.5 Å². The van der Waals surface area contributed by atoms with Crippen LogP contribution in [-0.4, -0.2) is 46.2 Å². The van der Waals surface area contributed by atoms with Gasteiger partial charge in [-0.05, 0) is 13.0 Å². The Morgan fingerprint density at radius 1 is 1.55 bits per heavy atom. The first-order valence-corrected chi connectivity index (χ1v) is 7.09. The zero-order valence-corrected chi connectivity index (χ0v) is 12.5. The number of aromatic amines is 1. The third-order valence-electron chi connectivity index (χ3n) is 2.45. The molecule has 1 aromatic heterocycles. The second-order valence-corrected chi connectivity index (χ2v) is 5.03. The second-order valence-electron chi connectivity index (χ2n) is 4.04. The number of carbonyl (C=O) groups excluding carboxylic acids is 1. The minimum Gasteiger partial charge on any atom is -0.468 e. The van der Waals surface area contributed by atoms with Gasteiger partial charge in [0.15, 0.2) is 5.16 Å². The highest BCUT2D eigenvalue weighted by Gasteiger charge is 2.19. The van der Waals surface area contributed by atoms with E-state index < -0.39 is 17.2 Å². The molecule has 0 radical (unpaired) electrons. The molecular formula is C11H18N4O4S. The van der Waals surface area contributed by atoms with E-state index >= 15 is 0 Å². The zero-order valence-electron chi connectivity index (χ0n) is 11.6. The van der Waals surface area contributed by atoms with Gasteiger partial charge in [-0.25, -0.2) is 0 Å². The van der Waals surface area contributed by atoms with Gasteiger partial charge in [0.05, 0.1) is 7.11 Å². The van der Waals surface area contributed by atoms with Crippen LogP contribution in [0.2, 0.25) is 0 Å². The van der Waals surface area contributed by atoms with Crippen molar-refractivity contribution in [2.24, 2.45) is 7.05 Å². The fraction of sp³-hybridized carbons (Fsp3) is 0.636. The summed E-state index contributed by atoms with van der Waals surface area (Å²) >= 11 is 1.19. The summed E-state index contributed by atoms with van der Waals surface area (Å²) in [5.41, 5.74) is -1.62. The van der Waals surface area contributed by atoms with Crippen molar-refractivity contribution in [1.82, 2.24) is 20.1 Å². The summed E-state index contributed by atoms with van der Waals surface area (Å²) in [4.78, 5) is 37.5. The van der Waals surface area contributed by atoms with Crippen LogP contribution in [0.5, 0.6) is 0 Å². The van der Waals surface area contributed by atoms with Crippen molar-refractivity contribution < 1.29 is 9.53 Å². The number of rotatable bonds is 7. The first-order chi connectivity index (χ1) is 9.49. The summed E-state index contributed by atoms with van der Waals surface area (Å²) in [6.45, 7) is 2.67. The van der Waals surface area contributed by atoms with E-state index in [9.17, 15) is 14.4 Å². The predicted octanol–water partition coefficient (Wildman–Crippen LogP) is -0.898. The Bertz CT molecular complexity index is 568. The van der Waals surface area contributed by atoms with Gasteiger partial charge in [0, 0.05) is 12.8 Å². The first kappa shape index (κ1) is 16.4. The summed E-state index contributed by atoms with van der Waals surface area (Å²) in [5.74, 6) is -0.0284. The van der Waals surface area contributed by atoms with E-state index in [1.165, 1.54) is 23.6 Å². The third kappa shape index (κ3) is 4.49. The maximum absolute atomic E-state index is 11.6. The molecular weight excluding hydrogens is 284 g/mol. The fourth-order valence-electron chi connectivity index (χ4n) is 1.42. The summed E-state index contributed by atoms with van der Waals surface area (Å²) in [6, 6.07) is -0.492. The molecule has 0 saturated carbocycles. The number of nitrogens with one attached hydrogen (secondary N) is 2. The third-order valence-corrected chi connectivity index (χ3v) is 3.58. The van der Waals surface area contributed by atoms with Crippen molar-refractivity contribution >= 4 is 17.7 Å². The Hall–Kier alpha value is -1.61. The Balaban J connectivity index is 2.76. The number of H-pyrrole nitrogens is 1. The molecule has 2 N–H and O–H groups in total. The van der Waals surface area contributed by atoms with Gasteiger partial charge < -0.3 is 10.1 Å². The number of methoxy groups -OCH3 is 1. The van der Waals surface area contributed by atoms with Crippen molar-refractivity contribution in [1.29, 1.82) is 0 Å². The molecule has 0 aliphatic carbocycles. The largest absolute Gasteiger partial charge is 0.468 e. The summed E-state index contributed by atoms with van der Waals surface area (Å²) in [6.07, 6.45) is 0.882. The van der Waals surface area contributed by atoms with Crippen LogP contribution in [-0.2, 0) is 16.6 Å². The summed E-state index contributed by atoms with van der Waals surface area (Å²) < 4.78 is 6.06. The van der Waals surface area contributed by atoms with Gasteiger partial charge in [0.1, 0.15) is 6.04 Å². The lowest BCUT2D eigenvalue weighted by molar-refractivity contribution is -0.142.